The molecular formula is C36H46F2N6O3S. The molecule has 2 aromatic carbocycles. The SMILES string of the molecule is COc1cc2c(Nc3ncc(CC(=O)Nc4cccc(F)c4F)s3)ncnc2cc1OCCCN1CCC[C@H]1C(C(C)(C)C)C(C)(C)C. The van der Waals surface area contributed by atoms with Gasteiger partial charge in [-0.2, -0.15) is 0 Å². The third-order valence-corrected chi connectivity index (χ3v) is 9.69. The summed E-state index contributed by atoms with van der Waals surface area (Å²) >= 11 is 1.25. The number of ether oxygens (including phenoxy) is 2. The number of aromatic nitrogens is 3. The second-order valence-electron chi connectivity index (χ2n) is 14.5. The summed E-state index contributed by atoms with van der Waals surface area (Å²) in [6.07, 6.45) is 6.34. The number of methoxy groups -OCH3 is 1. The smallest absolute Gasteiger partial charge is 0.229 e. The second-order valence-corrected chi connectivity index (χ2v) is 15.6. The molecule has 0 saturated carbocycles. The highest BCUT2D eigenvalue weighted by Gasteiger charge is 2.44. The summed E-state index contributed by atoms with van der Waals surface area (Å²) in [5.74, 6) is -0.319. The number of hydrogen-bond donors (Lipinski definition) is 2. The molecular weight excluding hydrogens is 634 g/mol. The van der Waals surface area contributed by atoms with Gasteiger partial charge in [0, 0.05) is 35.1 Å². The maximum absolute atomic E-state index is 14.0. The van der Waals surface area contributed by atoms with E-state index in [1.807, 2.05) is 12.1 Å². The lowest BCUT2D eigenvalue weighted by atomic mass is 9.63. The third kappa shape index (κ3) is 8.38. The largest absolute Gasteiger partial charge is 0.493 e. The Balaban J connectivity index is 1.21. The maximum atomic E-state index is 14.0. The average Bonchev–Trinajstić information content (AvgIpc) is 3.65. The number of nitrogens with one attached hydrogen (secondary N) is 2. The normalized spacial score (nSPS) is 15.7. The number of amides is 1. The fourth-order valence-corrected chi connectivity index (χ4v) is 8.16. The molecule has 0 aliphatic carbocycles. The monoisotopic (exact) mass is 680 g/mol. The molecule has 1 saturated heterocycles. The van der Waals surface area contributed by atoms with Gasteiger partial charge < -0.3 is 20.1 Å². The van der Waals surface area contributed by atoms with Crippen molar-refractivity contribution in [3.05, 3.63) is 59.4 Å². The number of rotatable bonds is 12. The Hall–Kier alpha value is -3.90. The topological polar surface area (TPSA) is 102 Å². The Morgan fingerprint density at radius 3 is 2.58 bits per heavy atom. The average molecular weight is 681 g/mol. The number of nitrogens with zero attached hydrogens (tertiary/aromatic N) is 4. The first-order chi connectivity index (χ1) is 22.7. The number of halogens is 2. The zero-order valence-corrected chi connectivity index (χ0v) is 29.6. The molecule has 1 fully saturated rings. The summed E-state index contributed by atoms with van der Waals surface area (Å²) in [5, 5.41) is 6.84. The van der Waals surface area contributed by atoms with E-state index in [0.717, 1.165) is 25.6 Å². The van der Waals surface area contributed by atoms with Crippen molar-refractivity contribution in [1.82, 2.24) is 19.9 Å². The minimum Gasteiger partial charge on any atom is -0.493 e. The summed E-state index contributed by atoms with van der Waals surface area (Å²) < 4.78 is 39.4. The second kappa shape index (κ2) is 14.7. The number of carbonyl (C=O) groups excluding carboxylic acids is 1. The van der Waals surface area contributed by atoms with Crippen LogP contribution in [0.25, 0.3) is 10.9 Å². The fraction of sp³-hybridized carbons (Fsp3) is 0.500. The van der Waals surface area contributed by atoms with E-state index in [9.17, 15) is 13.6 Å². The minimum atomic E-state index is -1.10. The molecule has 1 atom stereocenters. The highest BCUT2D eigenvalue weighted by molar-refractivity contribution is 7.15. The van der Waals surface area contributed by atoms with Crippen LogP contribution in [0.3, 0.4) is 0 Å². The van der Waals surface area contributed by atoms with Gasteiger partial charge >= 0.3 is 0 Å². The third-order valence-electron chi connectivity index (χ3n) is 8.77. The van der Waals surface area contributed by atoms with Crippen molar-refractivity contribution in [1.29, 1.82) is 0 Å². The number of benzene rings is 2. The summed E-state index contributed by atoms with van der Waals surface area (Å²) in [6, 6.07) is 7.90. The van der Waals surface area contributed by atoms with E-state index in [-0.39, 0.29) is 22.9 Å². The molecule has 1 aliphatic rings. The Morgan fingerprint density at radius 2 is 1.85 bits per heavy atom. The number of fused-ring (bicyclic) bond motifs is 1. The molecule has 0 bridgehead atoms. The summed E-state index contributed by atoms with van der Waals surface area (Å²) in [6.45, 7) is 16.9. The molecule has 0 unspecified atom stereocenters. The Kier molecular flexibility index (Phi) is 10.8. The van der Waals surface area contributed by atoms with Crippen molar-refractivity contribution in [2.24, 2.45) is 16.7 Å². The fourth-order valence-electron chi connectivity index (χ4n) is 7.35. The predicted molar refractivity (Wildman–Crippen MR) is 187 cm³/mol. The molecule has 1 amide bonds. The molecule has 12 heteroatoms. The highest BCUT2D eigenvalue weighted by Crippen LogP contribution is 2.46. The first-order valence-electron chi connectivity index (χ1n) is 16.4. The van der Waals surface area contributed by atoms with Crippen LogP contribution < -0.4 is 20.1 Å². The molecule has 258 valence electrons. The van der Waals surface area contributed by atoms with Crippen molar-refractivity contribution in [3.8, 4) is 11.5 Å². The summed E-state index contributed by atoms with van der Waals surface area (Å²) in [7, 11) is 1.60. The van der Waals surface area contributed by atoms with E-state index < -0.39 is 17.5 Å². The first kappa shape index (κ1) is 35.4. The van der Waals surface area contributed by atoms with Crippen LogP contribution in [0.5, 0.6) is 11.5 Å². The lowest BCUT2D eigenvalue weighted by Crippen LogP contribution is -2.48. The zero-order chi connectivity index (χ0) is 34.6. The molecule has 1 aliphatic heterocycles. The van der Waals surface area contributed by atoms with Crippen LogP contribution in [0.15, 0.2) is 42.9 Å². The molecule has 2 N–H and O–H groups in total. The van der Waals surface area contributed by atoms with Crippen LogP contribution in [0, 0.1) is 28.4 Å². The number of carbonyl (C=O) groups is 1. The van der Waals surface area contributed by atoms with Crippen molar-refractivity contribution in [2.45, 2.75) is 73.3 Å². The van der Waals surface area contributed by atoms with Gasteiger partial charge in [0.2, 0.25) is 5.91 Å². The van der Waals surface area contributed by atoms with E-state index in [4.69, 9.17) is 9.47 Å². The predicted octanol–water partition coefficient (Wildman–Crippen LogP) is 8.24. The molecule has 3 heterocycles. The molecule has 0 spiro atoms. The standard InChI is InChI=1S/C36H46F2N6O3S/c1-35(2,3)32(36(4,5)6)27-13-9-14-44(27)15-10-16-47-29-19-26-23(18-28(29)46-7)33(41-21-40-26)43-34-39-20-22(48-34)17-30(45)42-25-12-8-11-24(37)31(25)38/h8,11-12,18-21,27,32H,9-10,13-17H2,1-7H3,(H,42,45)(H,39,40,41,43)/t27-/m0/s1. The zero-order valence-electron chi connectivity index (χ0n) is 28.8. The summed E-state index contributed by atoms with van der Waals surface area (Å²) in [5.41, 5.74) is 0.913. The van der Waals surface area contributed by atoms with Crippen LogP contribution in [0.2, 0.25) is 0 Å². The van der Waals surface area contributed by atoms with Crippen LogP contribution in [0.1, 0.15) is 65.7 Å². The lowest BCUT2D eigenvalue weighted by Gasteiger charge is -2.47. The quantitative estimate of drug-likeness (QED) is 0.144. The van der Waals surface area contributed by atoms with E-state index in [1.54, 1.807) is 13.3 Å². The number of thiazole rings is 1. The first-order valence-corrected chi connectivity index (χ1v) is 17.2. The molecule has 5 rings (SSSR count). The van der Waals surface area contributed by atoms with Crippen molar-refractivity contribution in [2.75, 3.05) is 37.4 Å². The van der Waals surface area contributed by atoms with Gasteiger partial charge in [0.1, 0.15) is 12.1 Å². The van der Waals surface area contributed by atoms with Crippen molar-refractivity contribution >= 4 is 44.8 Å². The lowest BCUT2D eigenvalue weighted by molar-refractivity contribution is -0.115. The Morgan fingerprint density at radius 1 is 1.08 bits per heavy atom. The van der Waals surface area contributed by atoms with Crippen molar-refractivity contribution in [3.63, 3.8) is 0 Å². The van der Waals surface area contributed by atoms with Gasteiger partial charge in [-0.15, -0.1) is 11.3 Å². The van der Waals surface area contributed by atoms with E-state index in [1.165, 1.54) is 42.6 Å². The molecule has 0 radical (unpaired) electrons. The van der Waals surface area contributed by atoms with E-state index >= 15 is 0 Å². The molecule has 48 heavy (non-hydrogen) atoms. The van der Waals surface area contributed by atoms with Gasteiger partial charge in [0.15, 0.2) is 28.3 Å². The van der Waals surface area contributed by atoms with Gasteiger partial charge in [-0.05, 0) is 60.8 Å². The van der Waals surface area contributed by atoms with Crippen molar-refractivity contribution < 1.29 is 23.0 Å². The Bertz CT molecular complexity index is 1720. The van der Waals surface area contributed by atoms with Crippen LogP contribution >= 0.6 is 11.3 Å². The van der Waals surface area contributed by atoms with Gasteiger partial charge in [-0.1, -0.05) is 47.6 Å². The van der Waals surface area contributed by atoms with Gasteiger partial charge in [0.05, 0.1) is 31.3 Å². The summed E-state index contributed by atoms with van der Waals surface area (Å²) in [4.78, 5) is 29.0. The van der Waals surface area contributed by atoms with Gasteiger partial charge in [0.25, 0.3) is 0 Å². The number of anilines is 3. The van der Waals surface area contributed by atoms with Gasteiger partial charge in [-0.3, -0.25) is 9.69 Å². The maximum Gasteiger partial charge on any atom is 0.229 e. The Labute approximate surface area is 285 Å². The van der Waals surface area contributed by atoms with E-state index in [2.05, 4.69) is 72.0 Å². The van der Waals surface area contributed by atoms with Gasteiger partial charge in [-0.25, -0.2) is 23.7 Å². The number of hydrogen-bond acceptors (Lipinski definition) is 9. The number of likely N-dealkylation sites (tertiary alicyclic amines) is 1. The highest BCUT2D eigenvalue weighted by atomic mass is 32.1. The van der Waals surface area contributed by atoms with E-state index in [0.29, 0.717) is 56.8 Å². The van der Waals surface area contributed by atoms with Crippen LogP contribution in [0.4, 0.5) is 25.4 Å². The van der Waals surface area contributed by atoms with Crippen LogP contribution in [-0.2, 0) is 11.2 Å². The minimum absolute atomic E-state index is 0.0550. The molecule has 9 nitrogen and oxygen atoms in total. The molecule has 4 aromatic rings. The van der Waals surface area contributed by atoms with Crippen LogP contribution in [-0.4, -0.2) is 58.6 Å². The molecule has 2 aromatic heterocycles.